The normalized spacial score (nSPS) is 22.8. The average Bonchev–Trinajstić information content (AvgIpc) is 2.33. The first-order valence-corrected chi connectivity index (χ1v) is 7.76. The van der Waals surface area contributed by atoms with E-state index in [2.05, 4.69) is 4.72 Å². The van der Waals surface area contributed by atoms with E-state index in [1.54, 1.807) is 19.2 Å². The van der Waals surface area contributed by atoms with Crippen molar-refractivity contribution in [3.63, 3.8) is 0 Å². The maximum atomic E-state index is 12.1. The summed E-state index contributed by atoms with van der Waals surface area (Å²) < 4.78 is 32.0. The molecule has 104 valence electrons. The molecular formula is C12H16N2O3S2. The van der Waals surface area contributed by atoms with Crippen molar-refractivity contribution in [2.24, 2.45) is 5.73 Å². The number of nitrogens with one attached hydrogen (secondary N) is 1. The molecule has 1 aromatic carbocycles. The zero-order valence-corrected chi connectivity index (χ0v) is 12.1. The molecule has 2 rings (SSSR count). The Balaban J connectivity index is 2.05. The van der Waals surface area contributed by atoms with E-state index in [4.69, 9.17) is 22.7 Å². The number of hydrogen-bond acceptors (Lipinski definition) is 4. The van der Waals surface area contributed by atoms with Crippen LogP contribution in [0.4, 0.5) is 0 Å². The lowest BCUT2D eigenvalue weighted by Gasteiger charge is -2.34. The molecule has 0 unspecified atom stereocenters. The minimum atomic E-state index is -3.48. The molecule has 0 aliphatic heterocycles. The Morgan fingerprint density at radius 1 is 1.37 bits per heavy atom. The van der Waals surface area contributed by atoms with Gasteiger partial charge in [0.05, 0.1) is 11.0 Å². The summed E-state index contributed by atoms with van der Waals surface area (Å²) in [6, 6.07) is 6.17. The molecule has 0 aromatic heterocycles. The van der Waals surface area contributed by atoms with Crippen LogP contribution in [-0.4, -0.2) is 32.7 Å². The maximum Gasteiger partial charge on any atom is 0.240 e. The molecule has 3 N–H and O–H groups in total. The third-order valence-corrected chi connectivity index (χ3v) is 4.97. The van der Waals surface area contributed by atoms with Crippen LogP contribution in [0.2, 0.25) is 0 Å². The van der Waals surface area contributed by atoms with Crippen molar-refractivity contribution in [3.8, 4) is 0 Å². The minimum absolute atomic E-state index is 0.0507. The van der Waals surface area contributed by atoms with Gasteiger partial charge in [0.2, 0.25) is 10.0 Å². The summed E-state index contributed by atoms with van der Waals surface area (Å²) >= 11 is 4.82. The molecule has 7 heteroatoms. The number of thiocarbonyl (C=S) groups is 1. The highest BCUT2D eigenvalue weighted by molar-refractivity contribution is 7.89. The fourth-order valence-electron chi connectivity index (χ4n) is 1.94. The maximum absolute atomic E-state index is 12.1. The van der Waals surface area contributed by atoms with Crippen molar-refractivity contribution in [3.05, 3.63) is 29.8 Å². The first-order valence-electron chi connectivity index (χ1n) is 5.87. The van der Waals surface area contributed by atoms with Gasteiger partial charge in [0.1, 0.15) is 4.99 Å². The third kappa shape index (κ3) is 3.30. The van der Waals surface area contributed by atoms with Gasteiger partial charge >= 0.3 is 0 Å². The van der Waals surface area contributed by atoms with E-state index in [9.17, 15) is 8.42 Å². The Morgan fingerprint density at radius 3 is 2.42 bits per heavy atom. The van der Waals surface area contributed by atoms with Gasteiger partial charge in [-0.3, -0.25) is 0 Å². The number of ether oxygens (including phenoxy) is 1. The first-order chi connectivity index (χ1) is 8.92. The molecule has 1 saturated carbocycles. The van der Waals surface area contributed by atoms with E-state index >= 15 is 0 Å². The fraction of sp³-hybridized carbons (Fsp3) is 0.417. The quantitative estimate of drug-likeness (QED) is 0.785. The largest absolute Gasteiger partial charge is 0.389 e. The zero-order valence-electron chi connectivity index (χ0n) is 10.5. The number of sulfonamides is 1. The molecule has 0 spiro atoms. The Labute approximate surface area is 118 Å². The van der Waals surface area contributed by atoms with Crippen molar-refractivity contribution >= 4 is 27.2 Å². The van der Waals surface area contributed by atoms with E-state index < -0.39 is 10.0 Å². The summed E-state index contributed by atoms with van der Waals surface area (Å²) in [5.41, 5.74) is 6.12. The number of nitrogens with two attached hydrogens (primary N) is 1. The van der Waals surface area contributed by atoms with Gasteiger partial charge in [-0.1, -0.05) is 24.4 Å². The van der Waals surface area contributed by atoms with Crippen molar-refractivity contribution in [1.29, 1.82) is 0 Å². The number of benzene rings is 1. The molecule has 0 radical (unpaired) electrons. The van der Waals surface area contributed by atoms with Crippen LogP contribution >= 0.6 is 12.2 Å². The standard InChI is InChI=1S/C12H16N2O3S2/c1-17-10-6-9(7-10)14-19(15,16)11-4-2-8(3-5-11)12(13)18/h2-5,9-10,14H,6-7H2,1H3,(H2,13,18). The van der Waals surface area contributed by atoms with Crippen LogP contribution in [0.25, 0.3) is 0 Å². The Morgan fingerprint density at radius 2 is 1.95 bits per heavy atom. The molecule has 19 heavy (non-hydrogen) atoms. The molecule has 1 aliphatic rings. The lowest BCUT2D eigenvalue weighted by Crippen LogP contribution is -2.47. The van der Waals surface area contributed by atoms with Crippen LogP contribution in [0, 0.1) is 0 Å². The lowest BCUT2D eigenvalue weighted by molar-refractivity contribution is 0.0236. The predicted octanol–water partition coefficient (Wildman–Crippen LogP) is 0.776. The molecule has 0 heterocycles. The molecule has 0 bridgehead atoms. The van der Waals surface area contributed by atoms with Gasteiger partial charge in [0.15, 0.2) is 0 Å². The van der Waals surface area contributed by atoms with Crippen molar-refractivity contribution in [1.82, 2.24) is 4.72 Å². The summed E-state index contributed by atoms with van der Waals surface area (Å²) in [7, 11) is -1.86. The molecule has 1 fully saturated rings. The fourth-order valence-corrected chi connectivity index (χ4v) is 3.34. The molecule has 0 atom stereocenters. The van der Waals surface area contributed by atoms with Gasteiger partial charge in [-0.25, -0.2) is 13.1 Å². The summed E-state index contributed by atoms with van der Waals surface area (Å²) in [5, 5.41) is 0. The smallest absolute Gasteiger partial charge is 0.240 e. The Kier molecular flexibility index (Phi) is 4.19. The number of methoxy groups -OCH3 is 1. The summed E-state index contributed by atoms with van der Waals surface area (Å²) in [4.78, 5) is 0.465. The van der Waals surface area contributed by atoms with E-state index in [0.29, 0.717) is 18.4 Å². The van der Waals surface area contributed by atoms with Crippen LogP contribution in [0.1, 0.15) is 18.4 Å². The molecule has 0 amide bonds. The van der Waals surface area contributed by atoms with Gasteiger partial charge in [-0.2, -0.15) is 0 Å². The molecule has 0 saturated heterocycles. The van der Waals surface area contributed by atoms with Gasteiger partial charge < -0.3 is 10.5 Å². The SMILES string of the molecule is COC1CC(NS(=O)(=O)c2ccc(C(N)=S)cc2)C1. The van der Waals surface area contributed by atoms with Crippen LogP contribution in [0.3, 0.4) is 0 Å². The molecule has 1 aliphatic carbocycles. The zero-order chi connectivity index (χ0) is 14.0. The van der Waals surface area contributed by atoms with Gasteiger partial charge in [0, 0.05) is 18.7 Å². The second-order valence-electron chi connectivity index (χ2n) is 4.54. The molecule has 5 nitrogen and oxygen atoms in total. The Hall–Kier alpha value is -1.02. The van der Waals surface area contributed by atoms with Crippen LogP contribution in [0.5, 0.6) is 0 Å². The number of rotatable bonds is 5. The van der Waals surface area contributed by atoms with Crippen LogP contribution in [-0.2, 0) is 14.8 Å². The van der Waals surface area contributed by atoms with Crippen molar-refractivity contribution < 1.29 is 13.2 Å². The van der Waals surface area contributed by atoms with Crippen LogP contribution < -0.4 is 10.5 Å². The minimum Gasteiger partial charge on any atom is -0.389 e. The van der Waals surface area contributed by atoms with Crippen LogP contribution in [0.15, 0.2) is 29.2 Å². The van der Waals surface area contributed by atoms with Crippen molar-refractivity contribution in [2.45, 2.75) is 29.9 Å². The summed E-state index contributed by atoms with van der Waals surface area (Å²) in [6.45, 7) is 0. The average molecular weight is 300 g/mol. The van der Waals surface area contributed by atoms with Gasteiger partial charge in [0.25, 0.3) is 0 Å². The van der Waals surface area contributed by atoms with Crippen molar-refractivity contribution in [2.75, 3.05) is 7.11 Å². The summed E-state index contributed by atoms with van der Waals surface area (Å²) in [6.07, 6.45) is 1.58. The van der Waals surface area contributed by atoms with E-state index in [-0.39, 0.29) is 22.0 Å². The Bertz CT molecular complexity index is 563. The van der Waals surface area contributed by atoms with E-state index in [1.807, 2.05) is 0 Å². The van der Waals surface area contributed by atoms with E-state index in [1.165, 1.54) is 12.1 Å². The van der Waals surface area contributed by atoms with Gasteiger partial charge in [-0.05, 0) is 25.0 Å². The second-order valence-corrected chi connectivity index (χ2v) is 6.69. The molecule has 1 aromatic rings. The topological polar surface area (TPSA) is 81.4 Å². The highest BCUT2D eigenvalue weighted by Gasteiger charge is 2.32. The second kappa shape index (κ2) is 5.54. The highest BCUT2D eigenvalue weighted by Crippen LogP contribution is 2.24. The monoisotopic (exact) mass is 300 g/mol. The van der Waals surface area contributed by atoms with Gasteiger partial charge in [-0.15, -0.1) is 0 Å². The van der Waals surface area contributed by atoms with E-state index in [0.717, 1.165) is 0 Å². The number of hydrogen-bond donors (Lipinski definition) is 2. The predicted molar refractivity (Wildman–Crippen MR) is 76.5 cm³/mol. The third-order valence-electron chi connectivity index (χ3n) is 3.20. The first kappa shape index (κ1) is 14.4. The highest BCUT2D eigenvalue weighted by atomic mass is 32.2. The molecular weight excluding hydrogens is 284 g/mol. The summed E-state index contributed by atoms with van der Waals surface area (Å²) in [5.74, 6) is 0. The lowest BCUT2D eigenvalue weighted by atomic mass is 9.90.